The standard InChI is InChI=1S/C14H11ClF3NO4S/c1-13(19(20)21)6-4-9(5-7-13)24(22,23)10-2-3-12(15)11(8-10)14(16,17)18/h2-6,8H,7H2,1H3. The van der Waals surface area contributed by atoms with Crippen molar-refractivity contribution in [1.82, 2.24) is 0 Å². The van der Waals surface area contributed by atoms with Gasteiger partial charge in [-0.25, -0.2) is 8.42 Å². The van der Waals surface area contributed by atoms with Gasteiger partial charge in [0.1, 0.15) is 0 Å². The maximum absolute atomic E-state index is 12.9. The van der Waals surface area contributed by atoms with Gasteiger partial charge < -0.3 is 0 Å². The molecule has 0 radical (unpaired) electrons. The Kier molecular flexibility index (Phi) is 4.53. The maximum atomic E-state index is 12.9. The summed E-state index contributed by atoms with van der Waals surface area (Å²) in [5, 5.41) is 10.3. The molecule has 0 aromatic heterocycles. The Labute approximate surface area is 140 Å². The smallest absolute Gasteiger partial charge is 0.264 e. The van der Waals surface area contributed by atoms with Crippen molar-refractivity contribution in [3.8, 4) is 0 Å². The summed E-state index contributed by atoms with van der Waals surface area (Å²) in [6, 6.07) is 2.27. The Morgan fingerprint density at radius 3 is 2.42 bits per heavy atom. The number of hydrogen-bond acceptors (Lipinski definition) is 4. The second kappa shape index (κ2) is 5.89. The number of allylic oxidation sites excluding steroid dienone is 1. The number of nitrogens with zero attached hydrogens (tertiary/aromatic N) is 1. The minimum Gasteiger partial charge on any atom is -0.264 e. The van der Waals surface area contributed by atoms with E-state index in [1.807, 2.05) is 0 Å². The topological polar surface area (TPSA) is 77.3 Å². The zero-order valence-corrected chi connectivity index (χ0v) is 13.7. The van der Waals surface area contributed by atoms with Crippen LogP contribution in [0.2, 0.25) is 5.02 Å². The highest BCUT2D eigenvalue weighted by molar-refractivity contribution is 7.95. The van der Waals surface area contributed by atoms with Crippen molar-refractivity contribution in [1.29, 1.82) is 0 Å². The molecule has 10 heteroatoms. The zero-order valence-electron chi connectivity index (χ0n) is 12.2. The summed E-state index contributed by atoms with van der Waals surface area (Å²) in [5.41, 5.74) is -2.71. The fraction of sp³-hybridized carbons (Fsp3) is 0.286. The molecule has 24 heavy (non-hydrogen) atoms. The highest BCUT2D eigenvalue weighted by Gasteiger charge is 2.38. The molecule has 1 aromatic carbocycles. The Balaban J connectivity index is 2.45. The highest BCUT2D eigenvalue weighted by atomic mass is 35.5. The van der Waals surface area contributed by atoms with E-state index < -0.39 is 42.0 Å². The van der Waals surface area contributed by atoms with E-state index in [0.717, 1.165) is 30.4 Å². The summed E-state index contributed by atoms with van der Waals surface area (Å²) < 4.78 is 63.5. The average Bonchev–Trinajstić information content (AvgIpc) is 2.46. The van der Waals surface area contributed by atoms with Gasteiger partial charge in [-0.1, -0.05) is 17.7 Å². The van der Waals surface area contributed by atoms with Gasteiger partial charge in [-0.3, -0.25) is 10.1 Å². The molecule has 2 rings (SSSR count). The fourth-order valence-corrected chi connectivity index (χ4v) is 3.63. The molecule has 130 valence electrons. The van der Waals surface area contributed by atoms with E-state index >= 15 is 0 Å². The molecule has 1 unspecified atom stereocenters. The molecule has 0 amide bonds. The van der Waals surface area contributed by atoms with Crippen molar-refractivity contribution in [2.45, 2.75) is 30.0 Å². The van der Waals surface area contributed by atoms with E-state index in [9.17, 15) is 31.7 Å². The van der Waals surface area contributed by atoms with Gasteiger partial charge in [-0.05, 0) is 30.4 Å². The lowest BCUT2D eigenvalue weighted by Crippen LogP contribution is -2.33. The van der Waals surface area contributed by atoms with Crippen LogP contribution in [0.5, 0.6) is 0 Å². The van der Waals surface area contributed by atoms with E-state index in [1.165, 1.54) is 6.92 Å². The Morgan fingerprint density at radius 1 is 1.33 bits per heavy atom. The maximum Gasteiger partial charge on any atom is 0.417 e. The highest BCUT2D eigenvalue weighted by Crippen LogP contribution is 2.37. The quantitative estimate of drug-likeness (QED) is 0.585. The molecule has 0 aliphatic heterocycles. The van der Waals surface area contributed by atoms with Crippen molar-refractivity contribution in [2.24, 2.45) is 0 Å². The van der Waals surface area contributed by atoms with Crippen LogP contribution in [-0.2, 0) is 16.0 Å². The third kappa shape index (κ3) is 3.32. The molecule has 0 spiro atoms. The third-order valence-electron chi connectivity index (χ3n) is 3.60. The van der Waals surface area contributed by atoms with Gasteiger partial charge in [0.15, 0.2) is 0 Å². The number of rotatable bonds is 3. The van der Waals surface area contributed by atoms with Gasteiger partial charge in [0.25, 0.3) is 0 Å². The van der Waals surface area contributed by atoms with Crippen molar-refractivity contribution in [2.75, 3.05) is 0 Å². The van der Waals surface area contributed by atoms with E-state index in [-0.39, 0.29) is 11.3 Å². The van der Waals surface area contributed by atoms with E-state index in [4.69, 9.17) is 11.6 Å². The lowest BCUT2D eigenvalue weighted by Gasteiger charge is -2.19. The summed E-state index contributed by atoms with van der Waals surface area (Å²) in [4.78, 5) is 9.49. The molecule has 0 N–H and O–H groups in total. The molecular weight excluding hydrogens is 371 g/mol. The second-order valence-corrected chi connectivity index (χ2v) is 7.76. The number of halogens is 4. The van der Waals surface area contributed by atoms with Crippen LogP contribution in [0.15, 0.2) is 46.2 Å². The summed E-state index contributed by atoms with van der Waals surface area (Å²) in [6.07, 6.45) is -1.72. The van der Waals surface area contributed by atoms with Crippen LogP contribution in [0.3, 0.4) is 0 Å². The molecule has 1 aliphatic carbocycles. The number of hydrogen-bond donors (Lipinski definition) is 0. The van der Waals surface area contributed by atoms with Crippen molar-refractivity contribution in [3.63, 3.8) is 0 Å². The number of sulfone groups is 1. The summed E-state index contributed by atoms with van der Waals surface area (Å²) in [5.74, 6) is 0. The molecule has 1 aliphatic rings. The molecule has 0 heterocycles. The van der Waals surface area contributed by atoms with E-state index in [1.54, 1.807) is 0 Å². The fourth-order valence-electron chi connectivity index (χ4n) is 2.06. The monoisotopic (exact) mass is 381 g/mol. The predicted molar refractivity (Wildman–Crippen MR) is 80.9 cm³/mol. The van der Waals surface area contributed by atoms with Gasteiger partial charge in [0, 0.05) is 18.3 Å². The first-order valence-corrected chi connectivity index (χ1v) is 8.40. The first kappa shape index (κ1) is 18.5. The zero-order chi connectivity index (χ0) is 18.3. The first-order valence-electron chi connectivity index (χ1n) is 6.54. The minimum absolute atomic E-state index is 0.190. The SMILES string of the molecule is CC1([N+](=O)[O-])C=CC(S(=O)(=O)c2ccc(Cl)c(C(F)(F)F)c2)=CC1. The largest absolute Gasteiger partial charge is 0.417 e. The van der Waals surface area contributed by atoms with Gasteiger partial charge >= 0.3 is 6.18 Å². The lowest BCUT2D eigenvalue weighted by molar-refractivity contribution is -0.549. The van der Waals surface area contributed by atoms with Crippen LogP contribution >= 0.6 is 11.6 Å². The Hall–Kier alpha value is -1.87. The number of alkyl halides is 3. The number of nitro groups is 1. The second-order valence-electron chi connectivity index (χ2n) is 5.40. The summed E-state index contributed by atoms with van der Waals surface area (Å²) >= 11 is 5.47. The van der Waals surface area contributed by atoms with Crippen LogP contribution in [0.1, 0.15) is 18.9 Å². The van der Waals surface area contributed by atoms with Crippen LogP contribution < -0.4 is 0 Å². The van der Waals surface area contributed by atoms with Crippen molar-refractivity contribution < 1.29 is 26.5 Å². The first-order chi connectivity index (χ1) is 10.9. The molecule has 5 nitrogen and oxygen atoms in total. The molecule has 0 bridgehead atoms. The predicted octanol–water partition coefficient (Wildman–Crippen LogP) is 4.01. The normalized spacial score (nSPS) is 21.5. The van der Waals surface area contributed by atoms with Gasteiger partial charge in [0.05, 0.1) is 20.4 Å². The van der Waals surface area contributed by atoms with Crippen LogP contribution in [0, 0.1) is 10.1 Å². The number of benzene rings is 1. The van der Waals surface area contributed by atoms with Gasteiger partial charge in [-0.2, -0.15) is 13.2 Å². The van der Waals surface area contributed by atoms with Gasteiger partial charge in [-0.15, -0.1) is 0 Å². The molecule has 1 aromatic rings. The van der Waals surface area contributed by atoms with E-state index in [2.05, 4.69) is 0 Å². The molecule has 0 saturated carbocycles. The van der Waals surface area contributed by atoms with Crippen molar-refractivity contribution >= 4 is 21.4 Å². The molecule has 0 fully saturated rings. The minimum atomic E-state index is -4.80. The van der Waals surface area contributed by atoms with Crippen LogP contribution in [-0.4, -0.2) is 18.9 Å². The lowest BCUT2D eigenvalue weighted by atomic mass is 9.95. The summed E-state index contributed by atoms with van der Waals surface area (Å²) in [6.45, 7) is 1.31. The molecule has 0 saturated heterocycles. The van der Waals surface area contributed by atoms with Crippen molar-refractivity contribution in [3.05, 3.63) is 62.0 Å². The molecular formula is C14H11ClF3NO4S. The third-order valence-corrected chi connectivity index (χ3v) is 5.73. The van der Waals surface area contributed by atoms with Gasteiger partial charge in [0.2, 0.25) is 15.4 Å². The van der Waals surface area contributed by atoms with Crippen LogP contribution in [0.4, 0.5) is 13.2 Å². The molecule has 1 atom stereocenters. The van der Waals surface area contributed by atoms with E-state index in [0.29, 0.717) is 6.07 Å². The Morgan fingerprint density at radius 2 is 1.96 bits per heavy atom. The summed E-state index contributed by atoms with van der Waals surface area (Å²) in [7, 11) is -4.24. The average molecular weight is 382 g/mol. The Bertz CT molecular complexity index is 861. The van der Waals surface area contributed by atoms with Crippen LogP contribution in [0.25, 0.3) is 0 Å².